The summed E-state index contributed by atoms with van der Waals surface area (Å²) in [5.74, 6) is 0.00831. The molecule has 28 heavy (non-hydrogen) atoms. The molecule has 2 atom stereocenters. The maximum Gasteiger partial charge on any atom is 0.407 e. The average Bonchev–Trinajstić information content (AvgIpc) is 2.97. The van der Waals surface area contributed by atoms with Gasteiger partial charge in [-0.1, -0.05) is 48.5 Å². The summed E-state index contributed by atoms with van der Waals surface area (Å²) in [6.45, 7) is 7.66. The quantitative estimate of drug-likeness (QED) is 0.788. The van der Waals surface area contributed by atoms with E-state index in [1.165, 1.54) is 22.3 Å². The second-order valence-corrected chi connectivity index (χ2v) is 8.19. The Bertz CT molecular complexity index is 782. The number of aliphatic hydroxyl groups is 1. The molecule has 2 N–H and O–H groups in total. The summed E-state index contributed by atoms with van der Waals surface area (Å²) >= 11 is 0. The van der Waals surface area contributed by atoms with Crippen LogP contribution in [-0.4, -0.2) is 42.2 Å². The SMILES string of the molecule is C[C@@H](OC(C)(C)C)[C@H](CO)NC(=O)OCC1c2ccccc2-c2ccccc21. The van der Waals surface area contributed by atoms with Crippen molar-refractivity contribution in [2.75, 3.05) is 13.2 Å². The molecule has 0 radical (unpaired) electrons. The van der Waals surface area contributed by atoms with Crippen molar-refractivity contribution in [3.63, 3.8) is 0 Å². The lowest BCUT2D eigenvalue weighted by atomic mass is 9.98. The van der Waals surface area contributed by atoms with Gasteiger partial charge >= 0.3 is 6.09 Å². The molecule has 0 aliphatic heterocycles. The second-order valence-electron chi connectivity index (χ2n) is 8.19. The molecule has 2 aromatic carbocycles. The minimum atomic E-state index is -0.551. The molecule has 0 fully saturated rings. The van der Waals surface area contributed by atoms with Gasteiger partial charge < -0.3 is 19.9 Å². The van der Waals surface area contributed by atoms with Crippen LogP contribution in [0.15, 0.2) is 48.5 Å². The standard InChI is InChI=1S/C23H29NO4/c1-15(28-23(2,3)4)21(13-25)24-22(26)27-14-20-18-11-7-5-9-16(18)17-10-6-8-12-19(17)20/h5-12,15,20-21,25H,13-14H2,1-4H3,(H,24,26)/t15-,21+/m1/s1. The lowest BCUT2D eigenvalue weighted by molar-refractivity contribution is -0.0721. The minimum Gasteiger partial charge on any atom is -0.449 e. The molecule has 0 unspecified atom stereocenters. The molecule has 0 saturated heterocycles. The molecule has 0 spiro atoms. The van der Waals surface area contributed by atoms with Crippen molar-refractivity contribution >= 4 is 6.09 Å². The highest BCUT2D eigenvalue weighted by Gasteiger charge is 2.30. The number of nitrogens with one attached hydrogen (secondary N) is 1. The first-order valence-corrected chi connectivity index (χ1v) is 9.70. The molecule has 5 nitrogen and oxygen atoms in total. The molecule has 0 heterocycles. The van der Waals surface area contributed by atoms with Gasteiger partial charge in [0, 0.05) is 5.92 Å². The normalized spacial score (nSPS) is 15.5. The van der Waals surface area contributed by atoms with Gasteiger partial charge in [-0.2, -0.15) is 0 Å². The fraction of sp³-hybridized carbons (Fsp3) is 0.435. The molecule has 2 aromatic rings. The van der Waals surface area contributed by atoms with Crippen molar-refractivity contribution in [3.05, 3.63) is 59.7 Å². The molecule has 0 saturated carbocycles. The number of carbonyl (C=O) groups excluding carboxylic acids is 1. The minimum absolute atomic E-state index is 0.00831. The van der Waals surface area contributed by atoms with Crippen LogP contribution in [-0.2, 0) is 9.47 Å². The zero-order valence-electron chi connectivity index (χ0n) is 16.9. The van der Waals surface area contributed by atoms with Crippen LogP contribution >= 0.6 is 0 Å². The highest BCUT2D eigenvalue weighted by molar-refractivity contribution is 5.79. The fourth-order valence-electron chi connectivity index (χ4n) is 3.74. The van der Waals surface area contributed by atoms with E-state index < -0.39 is 12.1 Å². The molecule has 5 heteroatoms. The van der Waals surface area contributed by atoms with E-state index in [0.29, 0.717) is 0 Å². The number of benzene rings is 2. The van der Waals surface area contributed by atoms with E-state index in [1.54, 1.807) is 0 Å². The van der Waals surface area contributed by atoms with Crippen LogP contribution in [0, 0.1) is 0 Å². The van der Waals surface area contributed by atoms with Crippen molar-refractivity contribution in [2.45, 2.75) is 51.4 Å². The third kappa shape index (κ3) is 4.54. The molecule has 3 rings (SSSR count). The third-order valence-electron chi connectivity index (χ3n) is 4.95. The Balaban J connectivity index is 1.65. The Labute approximate surface area is 166 Å². The van der Waals surface area contributed by atoms with Gasteiger partial charge in [0.25, 0.3) is 0 Å². The summed E-state index contributed by atoms with van der Waals surface area (Å²) in [6, 6.07) is 15.9. The van der Waals surface area contributed by atoms with Gasteiger partial charge in [0.05, 0.1) is 24.4 Å². The molecule has 150 valence electrons. The highest BCUT2D eigenvalue weighted by atomic mass is 16.6. The van der Waals surface area contributed by atoms with Crippen LogP contribution < -0.4 is 5.32 Å². The molecule has 1 amide bonds. The Hall–Kier alpha value is -2.37. The molecule has 0 aromatic heterocycles. The first-order valence-electron chi connectivity index (χ1n) is 9.70. The summed E-state index contributed by atoms with van der Waals surface area (Å²) in [5.41, 5.74) is 4.34. The summed E-state index contributed by atoms with van der Waals surface area (Å²) in [7, 11) is 0. The van der Waals surface area contributed by atoms with Crippen LogP contribution in [0.5, 0.6) is 0 Å². The van der Waals surface area contributed by atoms with E-state index in [1.807, 2.05) is 52.0 Å². The number of hydrogen-bond acceptors (Lipinski definition) is 4. The lowest BCUT2D eigenvalue weighted by Crippen LogP contribution is -2.48. The van der Waals surface area contributed by atoms with E-state index in [0.717, 1.165) is 0 Å². The fourth-order valence-corrected chi connectivity index (χ4v) is 3.74. The number of hydrogen-bond donors (Lipinski definition) is 2. The van der Waals surface area contributed by atoms with Crippen molar-refractivity contribution in [1.82, 2.24) is 5.32 Å². The number of fused-ring (bicyclic) bond motifs is 3. The topological polar surface area (TPSA) is 67.8 Å². The summed E-state index contributed by atoms with van der Waals surface area (Å²) in [5, 5.41) is 12.4. The van der Waals surface area contributed by atoms with Gasteiger partial charge in [-0.15, -0.1) is 0 Å². The predicted octanol–water partition coefficient (Wildman–Crippen LogP) is 4.09. The number of carbonyl (C=O) groups is 1. The highest BCUT2D eigenvalue weighted by Crippen LogP contribution is 2.44. The molecule has 1 aliphatic carbocycles. The number of amides is 1. The average molecular weight is 383 g/mol. The summed E-state index contributed by atoms with van der Waals surface area (Å²) < 4.78 is 11.4. The van der Waals surface area contributed by atoms with Crippen LogP contribution in [0.1, 0.15) is 44.7 Å². The van der Waals surface area contributed by atoms with Crippen LogP contribution in [0.3, 0.4) is 0 Å². The van der Waals surface area contributed by atoms with Gasteiger partial charge in [-0.05, 0) is 49.9 Å². The maximum atomic E-state index is 12.4. The molecule has 0 bridgehead atoms. The summed E-state index contributed by atoms with van der Waals surface area (Å²) in [6.07, 6.45) is -0.893. The van der Waals surface area contributed by atoms with Crippen LogP contribution in [0.4, 0.5) is 4.79 Å². The van der Waals surface area contributed by atoms with Crippen molar-refractivity contribution in [1.29, 1.82) is 0 Å². The number of aliphatic hydroxyl groups excluding tert-OH is 1. The van der Waals surface area contributed by atoms with Gasteiger partial charge in [-0.25, -0.2) is 4.79 Å². The van der Waals surface area contributed by atoms with Crippen molar-refractivity contribution in [2.24, 2.45) is 0 Å². The van der Waals surface area contributed by atoms with E-state index in [4.69, 9.17) is 9.47 Å². The van der Waals surface area contributed by atoms with Crippen molar-refractivity contribution < 1.29 is 19.4 Å². The third-order valence-corrected chi connectivity index (χ3v) is 4.95. The Morgan fingerprint density at radius 2 is 1.61 bits per heavy atom. The van der Waals surface area contributed by atoms with Crippen molar-refractivity contribution in [3.8, 4) is 11.1 Å². The maximum absolute atomic E-state index is 12.4. The Morgan fingerprint density at radius 3 is 2.11 bits per heavy atom. The van der Waals surface area contributed by atoms with E-state index in [-0.39, 0.29) is 30.8 Å². The largest absolute Gasteiger partial charge is 0.449 e. The second kappa shape index (κ2) is 8.33. The zero-order valence-corrected chi connectivity index (χ0v) is 16.9. The van der Waals surface area contributed by atoms with Gasteiger partial charge in [0.2, 0.25) is 0 Å². The zero-order chi connectivity index (χ0) is 20.3. The first kappa shape index (κ1) is 20.4. The first-order chi connectivity index (χ1) is 13.3. The molecular formula is C23H29NO4. The van der Waals surface area contributed by atoms with Gasteiger partial charge in [0.15, 0.2) is 0 Å². The monoisotopic (exact) mass is 383 g/mol. The van der Waals surface area contributed by atoms with Crippen LogP contribution in [0.2, 0.25) is 0 Å². The van der Waals surface area contributed by atoms with E-state index in [9.17, 15) is 9.90 Å². The predicted molar refractivity (Wildman–Crippen MR) is 109 cm³/mol. The van der Waals surface area contributed by atoms with E-state index >= 15 is 0 Å². The number of ether oxygens (including phenoxy) is 2. The number of rotatable bonds is 6. The number of alkyl carbamates (subject to hydrolysis) is 1. The van der Waals surface area contributed by atoms with Gasteiger partial charge in [0.1, 0.15) is 6.61 Å². The summed E-state index contributed by atoms with van der Waals surface area (Å²) in [4.78, 5) is 12.4. The smallest absolute Gasteiger partial charge is 0.407 e. The van der Waals surface area contributed by atoms with Crippen LogP contribution in [0.25, 0.3) is 11.1 Å². The molecule has 1 aliphatic rings. The lowest BCUT2D eigenvalue weighted by Gasteiger charge is -2.30. The Morgan fingerprint density at radius 1 is 1.07 bits per heavy atom. The molecular weight excluding hydrogens is 354 g/mol. The Kier molecular flexibility index (Phi) is 6.06. The van der Waals surface area contributed by atoms with E-state index in [2.05, 4.69) is 29.6 Å². The van der Waals surface area contributed by atoms with Gasteiger partial charge in [-0.3, -0.25) is 0 Å².